The molecule has 0 N–H and O–H groups in total. The molecule has 158 valence electrons. The molecule has 0 bridgehead atoms. The molecule has 0 spiro atoms. The molecule has 30 heavy (non-hydrogen) atoms. The second-order valence-electron chi connectivity index (χ2n) is 9.35. The Morgan fingerprint density at radius 2 is 1.80 bits per heavy atom. The minimum Gasteiger partial charge on any atom is -0.339 e. The lowest BCUT2D eigenvalue weighted by Crippen LogP contribution is -2.40. The highest BCUT2D eigenvalue weighted by atomic mass is 16.2. The highest BCUT2D eigenvalue weighted by Gasteiger charge is 2.28. The molecule has 3 heterocycles. The van der Waals surface area contributed by atoms with Crippen molar-refractivity contribution in [2.24, 2.45) is 13.0 Å². The first-order chi connectivity index (χ1) is 14.6. The average molecular weight is 406 g/mol. The fraction of sp³-hybridized carbons (Fsp3) is 0.520. The summed E-state index contributed by atoms with van der Waals surface area (Å²) >= 11 is 0. The molecule has 2 aromatic heterocycles. The molecule has 1 saturated carbocycles. The van der Waals surface area contributed by atoms with Crippen LogP contribution in [0.3, 0.4) is 0 Å². The van der Waals surface area contributed by atoms with Crippen LogP contribution in [-0.4, -0.2) is 33.0 Å². The van der Waals surface area contributed by atoms with Gasteiger partial charge in [0.25, 0.3) is 11.5 Å². The Morgan fingerprint density at radius 3 is 2.57 bits per heavy atom. The molecule has 1 aromatic carbocycles. The Kier molecular flexibility index (Phi) is 4.92. The van der Waals surface area contributed by atoms with E-state index >= 15 is 0 Å². The number of likely N-dealkylation sites (tertiary alicyclic amines) is 1. The molecule has 2 aliphatic rings. The minimum absolute atomic E-state index is 0.0409. The number of hydrogen-bond acceptors (Lipinski definition) is 2. The number of aromatic nitrogens is 2. The molecule has 1 atom stereocenters. The quantitative estimate of drug-likeness (QED) is 0.611. The maximum Gasteiger partial charge on any atom is 0.275 e. The van der Waals surface area contributed by atoms with Gasteiger partial charge in [-0.2, -0.15) is 0 Å². The Morgan fingerprint density at radius 1 is 1.03 bits per heavy atom. The molecule has 5 rings (SSSR count). The number of carbonyl (C=O) groups excluding carboxylic acids is 1. The topological polar surface area (TPSA) is 47.2 Å². The first kappa shape index (κ1) is 19.4. The minimum atomic E-state index is 0.0409. The number of rotatable bonds is 2. The van der Waals surface area contributed by atoms with Gasteiger partial charge >= 0.3 is 0 Å². The summed E-state index contributed by atoms with van der Waals surface area (Å²) in [7, 11) is 1.95. The average Bonchev–Trinajstić information content (AvgIpc) is 3.08. The van der Waals surface area contributed by atoms with Crippen molar-refractivity contribution in [3.8, 4) is 0 Å². The number of piperidine rings is 1. The van der Waals surface area contributed by atoms with E-state index in [0.29, 0.717) is 17.0 Å². The third-order valence-electron chi connectivity index (χ3n) is 7.22. The molecular formula is C25H31N3O2. The molecule has 1 aliphatic carbocycles. The van der Waals surface area contributed by atoms with Crippen LogP contribution in [0.5, 0.6) is 0 Å². The highest BCUT2D eigenvalue weighted by molar-refractivity contribution is 6.17. The second kappa shape index (κ2) is 7.60. The standard InChI is InChI=1S/C25H31N3O2/c1-17-9-8-14-27(15-17)24(29)20-16-28(18-10-4-3-5-11-18)25(30)23-22(20)19-12-6-7-13-21(19)26(23)2/h6-7,12-13,16-18H,3-5,8-11,14-15H2,1-2H3. The van der Waals surface area contributed by atoms with Crippen molar-refractivity contribution in [1.29, 1.82) is 0 Å². The summed E-state index contributed by atoms with van der Waals surface area (Å²) < 4.78 is 3.88. The van der Waals surface area contributed by atoms with Crippen molar-refractivity contribution in [1.82, 2.24) is 14.0 Å². The highest BCUT2D eigenvalue weighted by Crippen LogP contribution is 2.33. The fourth-order valence-electron chi connectivity index (χ4n) is 5.64. The van der Waals surface area contributed by atoms with Crippen LogP contribution in [0.15, 0.2) is 35.3 Å². The van der Waals surface area contributed by atoms with Crippen molar-refractivity contribution in [3.63, 3.8) is 0 Å². The zero-order valence-corrected chi connectivity index (χ0v) is 18.1. The molecule has 1 saturated heterocycles. The van der Waals surface area contributed by atoms with Gasteiger partial charge in [-0.1, -0.05) is 44.4 Å². The summed E-state index contributed by atoms with van der Waals surface area (Å²) in [5.74, 6) is 0.599. The number of amides is 1. The Bertz CT molecular complexity index is 1170. The molecule has 1 aliphatic heterocycles. The van der Waals surface area contributed by atoms with Gasteiger partial charge in [0.2, 0.25) is 0 Å². The van der Waals surface area contributed by atoms with Crippen molar-refractivity contribution in [2.45, 2.75) is 57.9 Å². The predicted molar refractivity (Wildman–Crippen MR) is 121 cm³/mol. The van der Waals surface area contributed by atoms with Gasteiger partial charge in [-0.05, 0) is 37.7 Å². The molecular weight excluding hydrogens is 374 g/mol. The van der Waals surface area contributed by atoms with E-state index in [1.165, 1.54) is 12.8 Å². The summed E-state index contributed by atoms with van der Waals surface area (Å²) in [5.41, 5.74) is 2.41. The zero-order chi connectivity index (χ0) is 20.8. The van der Waals surface area contributed by atoms with Crippen LogP contribution in [0.1, 0.15) is 68.3 Å². The van der Waals surface area contributed by atoms with Gasteiger partial charge in [0.1, 0.15) is 5.52 Å². The van der Waals surface area contributed by atoms with Gasteiger partial charge < -0.3 is 14.0 Å². The smallest absolute Gasteiger partial charge is 0.275 e. The van der Waals surface area contributed by atoms with Crippen LogP contribution >= 0.6 is 0 Å². The fourth-order valence-corrected chi connectivity index (χ4v) is 5.64. The molecule has 1 unspecified atom stereocenters. The van der Waals surface area contributed by atoms with Gasteiger partial charge in [0.15, 0.2) is 0 Å². The lowest BCUT2D eigenvalue weighted by atomic mass is 9.94. The van der Waals surface area contributed by atoms with Gasteiger partial charge in [-0.25, -0.2) is 0 Å². The molecule has 5 heteroatoms. The van der Waals surface area contributed by atoms with Gasteiger partial charge in [0, 0.05) is 48.7 Å². The van der Waals surface area contributed by atoms with Crippen molar-refractivity contribution < 1.29 is 4.79 Å². The Labute approximate surface area is 177 Å². The van der Waals surface area contributed by atoms with E-state index in [4.69, 9.17) is 0 Å². The summed E-state index contributed by atoms with van der Waals surface area (Å²) in [6.07, 6.45) is 9.69. The normalized spacial score (nSPS) is 20.9. The van der Waals surface area contributed by atoms with Crippen LogP contribution in [-0.2, 0) is 7.05 Å². The van der Waals surface area contributed by atoms with E-state index in [2.05, 4.69) is 6.92 Å². The first-order valence-electron chi connectivity index (χ1n) is 11.5. The number of carbonyl (C=O) groups is 1. The van der Waals surface area contributed by atoms with E-state index in [9.17, 15) is 9.59 Å². The number of fused-ring (bicyclic) bond motifs is 3. The molecule has 5 nitrogen and oxygen atoms in total. The SMILES string of the molecule is CC1CCCN(C(=O)c2cn(C3CCCCC3)c(=O)c3c2c2ccccc2n3C)C1. The van der Waals surface area contributed by atoms with Crippen LogP contribution < -0.4 is 5.56 Å². The largest absolute Gasteiger partial charge is 0.339 e. The van der Waals surface area contributed by atoms with E-state index in [1.54, 1.807) is 0 Å². The zero-order valence-electron chi connectivity index (χ0n) is 18.1. The second-order valence-corrected chi connectivity index (χ2v) is 9.35. The van der Waals surface area contributed by atoms with Gasteiger partial charge in [0.05, 0.1) is 5.56 Å². The first-order valence-corrected chi connectivity index (χ1v) is 11.5. The Balaban J connectivity index is 1.77. The van der Waals surface area contributed by atoms with Crippen LogP contribution in [0.4, 0.5) is 0 Å². The van der Waals surface area contributed by atoms with E-state index in [-0.39, 0.29) is 17.5 Å². The number of pyridine rings is 1. The number of benzene rings is 1. The number of aryl methyl sites for hydroxylation is 1. The van der Waals surface area contributed by atoms with E-state index < -0.39 is 0 Å². The van der Waals surface area contributed by atoms with Crippen molar-refractivity contribution in [2.75, 3.05) is 13.1 Å². The van der Waals surface area contributed by atoms with Crippen molar-refractivity contribution in [3.05, 3.63) is 46.4 Å². The van der Waals surface area contributed by atoms with Gasteiger partial charge in [-0.3, -0.25) is 9.59 Å². The lowest BCUT2D eigenvalue weighted by molar-refractivity contribution is 0.0684. The maximum atomic E-state index is 13.8. The summed E-state index contributed by atoms with van der Waals surface area (Å²) in [6.45, 7) is 3.82. The van der Waals surface area contributed by atoms with Crippen LogP contribution in [0.25, 0.3) is 21.8 Å². The predicted octanol–water partition coefficient (Wildman–Crippen LogP) is 4.87. The molecule has 1 amide bonds. The lowest BCUT2D eigenvalue weighted by Gasteiger charge is -2.31. The maximum absolute atomic E-state index is 13.8. The monoisotopic (exact) mass is 405 g/mol. The molecule has 3 aromatic rings. The Hall–Kier alpha value is -2.56. The summed E-state index contributed by atoms with van der Waals surface area (Å²) in [6, 6.07) is 8.26. The van der Waals surface area contributed by atoms with Gasteiger partial charge in [-0.15, -0.1) is 0 Å². The number of hydrogen-bond donors (Lipinski definition) is 0. The van der Waals surface area contributed by atoms with Crippen molar-refractivity contribution >= 4 is 27.7 Å². The summed E-state index contributed by atoms with van der Waals surface area (Å²) in [5, 5.41) is 1.82. The summed E-state index contributed by atoms with van der Waals surface area (Å²) in [4.78, 5) is 29.4. The van der Waals surface area contributed by atoms with E-state index in [0.717, 1.165) is 61.5 Å². The van der Waals surface area contributed by atoms with Crippen LogP contribution in [0, 0.1) is 5.92 Å². The molecule has 2 fully saturated rings. The van der Waals surface area contributed by atoms with Crippen LogP contribution in [0.2, 0.25) is 0 Å². The number of para-hydroxylation sites is 1. The number of nitrogens with zero attached hydrogens (tertiary/aromatic N) is 3. The molecule has 0 radical (unpaired) electrons. The van der Waals surface area contributed by atoms with E-state index in [1.807, 2.05) is 51.5 Å². The third kappa shape index (κ3) is 3.06. The third-order valence-corrected chi connectivity index (χ3v) is 7.22.